The van der Waals surface area contributed by atoms with Crippen molar-refractivity contribution in [3.05, 3.63) is 52.7 Å². The molecule has 0 amide bonds. The van der Waals surface area contributed by atoms with Crippen molar-refractivity contribution in [2.45, 2.75) is 10.8 Å². The quantitative estimate of drug-likeness (QED) is 0.846. The van der Waals surface area contributed by atoms with Gasteiger partial charge in [-0.25, -0.2) is 9.78 Å². The maximum Gasteiger partial charge on any atom is 0.337 e. The minimum absolute atomic E-state index is 0.0911. The molecule has 0 aliphatic carbocycles. The summed E-state index contributed by atoms with van der Waals surface area (Å²) >= 11 is 7.26. The van der Waals surface area contributed by atoms with Gasteiger partial charge in [0.2, 0.25) is 0 Å². The minimum atomic E-state index is -1.03. The van der Waals surface area contributed by atoms with Gasteiger partial charge in [0.15, 0.2) is 0 Å². The van der Waals surface area contributed by atoms with Crippen LogP contribution in [0.25, 0.3) is 0 Å². The predicted molar refractivity (Wildman–Crippen MR) is 76.6 cm³/mol. The number of nitrogens with two attached hydrogens (primary N) is 1. The van der Waals surface area contributed by atoms with Crippen LogP contribution in [-0.4, -0.2) is 16.1 Å². The van der Waals surface area contributed by atoms with E-state index in [0.29, 0.717) is 21.5 Å². The van der Waals surface area contributed by atoms with Crippen molar-refractivity contribution in [3.8, 4) is 0 Å². The van der Waals surface area contributed by atoms with Crippen LogP contribution in [0.3, 0.4) is 0 Å². The van der Waals surface area contributed by atoms with E-state index < -0.39 is 5.97 Å². The van der Waals surface area contributed by atoms with Gasteiger partial charge in [-0.3, -0.25) is 0 Å². The molecule has 6 heteroatoms. The maximum absolute atomic E-state index is 10.8. The summed E-state index contributed by atoms with van der Waals surface area (Å²) in [7, 11) is 0. The van der Waals surface area contributed by atoms with Gasteiger partial charge >= 0.3 is 5.97 Å². The molecule has 0 unspecified atom stereocenters. The number of nitrogens with zero attached hydrogens (tertiary/aromatic N) is 1. The van der Waals surface area contributed by atoms with Crippen LogP contribution in [-0.2, 0) is 5.75 Å². The molecule has 3 N–H and O–H groups in total. The van der Waals surface area contributed by atoms with E-state index in [4.69, 9.17) is 22.4 Å². The Morgan fingerprint density at radius 1 is 1.37 bits per heavy atom. The van der Waals surface area contributed by atoms with E-state index in [2.05, 4.69) is 4.98 Å². The summed E-state index contributed by atoms with van der Waals surface area (Å²) in [5, 5.41) is 10.1. The van der Waals surface area contributed by atoms with Crippen molar-refractivity contribution in [2.24, 2.45) is 0 Å². The van der Waals surface area contributed by atoms with Crippen molar-refractivity contribution in [1.82, 2.24) is 4.98 Å². The average Bonchev–Trinajstić information content (AvgIpc) is 2.39. The standard InChI is InChI=1S/C13H11ClN2O2S/c14-10-3-1-8(2-4-10)7-19-12-11(15)5-9(6-16-12)13(17)18/h1-6H,7,15H2,(H,17,18). The Labute approximate surface area is 119 Å². The minimum Gasteiger partial charge on any atom is -0.478 e. The number of carboxylic acids is 1. The third-order valence-electron chi connectivity index (χ3n) is 2.41. The van der Waals surface area contributed by atoms with Gasteiger partial charge < -0.3 is 10.8 Å². The second-order valence-corrected chi connectivity index (χ2v) is 5.24. The summed E-state index contributed by atoms with van der Waals surface area (Å²) in [5.41, 5.74) is 7.34. The number of anilines is 1. The fourth-order valence-corrected chi connectivity index (χ4v) is 2.41. The van der Waals surface area contributed by atoms with Crippen molar-refractivity contribution in [1.29, 1.82) is 0 Å². The van der Waals surface area contributed by atoms with Crippen LogP contribution < -0.4 is 5.73 Å². The topological polar surface area (TPSA) is 76.2 Å². The van der Waals surface area contributed by atoms with Crippen LogP contribution >= 0.6 is 23.4 Å². The van der Waals surface area contributed by atoms with E-state index >= 15 is 0 Å². The summed E-state index contributed by atoms with van der Waals surface area (Å²) in [6.45, 7) is 0. The van der Waals surface area contributed by atoms with Crippen molar-refractivity contribution in [3.63, 3.8) is 0 Å². The number of nitrogen functional groups attached to an aromatic ring is 1. The van der Waals surface area contributed by atoms with Crippen LogP contribution in [0.1, 0.15) is 15.9 Å². The van der Waals surface area contributed by atoms with E-state index in [9.17, 15) is 4.79 Å². The molecule has 1 aromatic carbocycles. The fourth-order valence-electron chi connectivity index (χ4n) is 1.44. The molecular weight excluding hydrogens is 284 g/mol. The van der Waals surface area contributed by atoms with Gasteiger partial charge in [0.25, 0.3) is 0 Å². The molecule has 0 atom stereocenters. The molecule has 0 spiro atoms. The van der Waals surface area contributed by atoms with Crippen LogP contribution in [0.2, 0.25) is 5.02 Å². The zero-order chi connectivity index (χ0) is 13.8. The predicted octanol–water partition coefficient (Wildman–Crippen LogP) is 3.31. The normalized spacial score (nSPS) is 10.4. The fraction of sp³-hybridized carbons (Fsp3) is 0.0769. The molecule has 0 radical (unpaired) electrons. The summed E-state index contributed by atoms with van der Waals surface area (Å²) in [6.07, 6.45) is 1.31. The van der Waals surface area contributed by atoms with Crippen molar-refractivity contribution < 1.29 is 9.90 Å². The molecule has 19 heavy (non-hydrogen) atoms. The van der Waals surface area contributed by atoms with Gasteiger partial charge in [-0.15, -0.1) is 0 Å². The zero-order valence-corrected chi connectivity index (χ0v) is 11.4. The van der Waals surface area contributed by atoms with Gasteiger partial charge in [0.1, 0.15) is 5.03 Å². The van der Waals surface area contributed by atoms with E-state index in [1.807, 2.05) is 24.3 Å². The first-order valence-corrected chi connectivity index (χ1v) is 6.78. The first kappa shape index (κ1) is 13.7. The molecule has 1 aromatic heterocycles. The molecule has 1 heterocycles. The molecule has 2 aromatic rings. The lowest BCUT2D eigenvalue weighted by molar-refractivity contribution is 0.0696. The highest BCUT2D eigenvalue weighted by atomic mass is 35.5. The van der Waals surface area contributed by atoms with E-state index in [1.165, 1.54) is 24.0 Å². The number of hydrogen-bond donors (Lipinski definition) is 2. The van der Waals surface area contributed by atoms with Gasteiger partial charge in [0.05, 0.1) is 11.3 Å². The molecule has 0 fully saturated rings. The van der Waals surface area contributed by atoms with E-state index in [1.54, 1.807) is 0 Å². The molecule has 0 saturated carbocycles. The number of hydrogen-bond acceptors (Lipinski definition) is 4. The highest BCUT2D eigenvalue weighted by Crippen LogP contribution is 2.27. The second-order valence-electron chi connectivity index (χ2n) is 3.84. The number of carboxylic acid groups (broad SMARTS) is 1. The average molecular weight is 295 g/mol. The summed E-state index contributed by atoms with van der Waals surface area (Å²) in [5.74, 6) is -0.339. The zero-order valence-electron chi connectivity index (χ0n) is 9.84. The maximum atomic E-state index is 10.8. The Bertz CT molecular complexity index is 602. The number of rotatable bonds is 4. The number of carbonyl (C=O) groups is 1. The molecular formula is C13H11ClN2O2S. The smallest absolute Gasteiger partial charge is 0.337 e. The van der Waals surface area contributed by atoms with Crippen LogP contribution in [0.15, 0.2) is 41.6 Å². The third-order valence-corrected chi connectivity index (χ3v) is 3.76. The lowest BCUT2D eigenvalue weighted by Gasteiger charge is -2.05. The van der Waals surface area contributed by atoms with Crippen LogP contribution in [0.5, 0.6) is 0 Å². The molecule has 0 saturated heterocycles. The molecule has 2 rings (SSSR count). The van der Waals surface area contributed by atoms with E-state index in [0.717, 1.165) is 5.56 Å². The Balaban J connectivity index is 2.07. The molecule has 98 valence electrons. The molecule has 0 aliphatic rings. The lowest BCUT2D eigenvalue weighted by atomic mass is 10.2. The highest BCUT2D eigenvalue weighted by Gasteiger charge is 2.08. The Hall–Kier alpha value is -1.72. The number of aromatic nitrogens is 1. The van der Waals surface area contributed by atoms with Crippen LogP contribution in [0.4, 0.5) is 5.69 Å². The molecule has 4 nitrogen and oxygen atoms in total. The lowest BCUT2D eigenvalue weighted by Crippen LogP contribution is -2.01. The van der Waals surface area contributed by atoms with E-state index in [-0.39, 0.29) is 5.56 Å². The first-order chi connectivity index (χ1) is 9.06. The highest BCUT2D eigenvalue weighted by molar-refractivity contribution is 7.98. The summed E-state index contributed by atoms with van der Waals surface area (Å²) < 4.78 is 0. The summed E-state index contributed by atoms with van der Waals surface area (Å²) in [6, 6.07) is 8.91. The monoisotopic (exact) mass is 294 g/mol. The first-order valence-electron chi connectivity index (χ1n) is 5.42. The largest absolute Gasteiger partial charge is 0.478 e. The van der Waals surface area contributed by atoms with Crippen molar-refractivity contribution in [2.75, 3.05) is 5.73 Å². The SMILES string of the molecule is Nc1cc(C(=O)O)cnc1SCc1ccc(Cl)cc1. The Morgan fingerprint density at radius 3 is 2.63 bits per heavy atom. The van der Waals surface area contributed by atoms with Crippen molar-refractivity contribution >= 4 is 35.0 Å². The number of aromatic carboxylic acids is 1. The van der Waals surface area contributed by atoms with Crippen LogP contribution in [0, 0.1) is 0 Å². The number of pyridine rings is 1. The number of halogens is 1. The molecule has 0 bridgehead atoms. The van der Waals surface area contributed by atoms with Gasteiger partial charge in [-0.2, -0.15) is 0 Å². The molecule has 0 aliphatic heterocycles. The summed E-state index contributed by atoms with van der Waals surface area (Å²) in [4.78, 5) is 14.8. The number of benzene rings is 1. The second kappa shape index (κ2) is 5.95. The Kier molecular flexibility index (Phi) is 4.29. The van der Waals surface area contributed by atoms with Gasteiger partial charge in [-0.05, 0) is 23.8 Å². The number of thioether (sulfide) groups is 1. The van der Waals surface area contributed by atoms with Gasteiger partial charge in [0, 0.05) is 17.0 Å². The van der Waals surface area contributed by atoms with Gasteiger partial charge in [-0.1, -0.05) is 35.5 Å². The Morgan fingerprint density at radius 2 is 2.05 bits per heavy atom. The third kappa shape index (κ3) is 3.62.